The highest BCUT2D eigenvalue weighted by atomic mass is 32.1. The Morgan fingerprint density at radius 1 is 1.35 bits per heavy atom. The number of rotatable bonds is 4. The quantitative estimate of drug-likeness (QED) is 0.834. The highest BCUT2D eigenvalue weighted by Gasteiger charge is 2.24. The summed E-state index contributed by atoms with van der Waals surface area (Å²) < 4.78 is 3.70. The maximum absolute atomic E-state index is 12.1. The van der Waals surface area contributed by atoms with Crippen LogP contribution >= 0.6 is 11.5 Å². The third-order valence-corrected chi connectivity index (χ3v) is 3.56. The number of nitrogens with one attached hydrogen (secondary N) is 1. The van der Waals surface area contributed by atoms with Crippen LogP contribution in [0, 0.1) is 0 Å². The molecule has 110 valence electrons. The lowest BCUT2D eigenvalue weighted by Gasteiger charge is -2.34. The van der Waals surface area contributed by atoms with E-state index in [-0.39, 0.29) is 17.9 Å². The molecule has 1 aromatic rings. The molecule has 7 nitrogen and oxygen atoms in total. The number of piperazine rings is 1. The second-order valence-corrected chi connectivity index (χ2v) is 5.69. The molecule has 1 fully saturated rings. The SMILES string of the molecule is CC(C)NC(=O)CN1CCN(C(=O)c2csnn2)CC1. The van der Waals surface area contributed by atoms with E-state index in [1.54, 1.807) is 10.3 Å². The zero-order valence-electron chi connectivity index (χ0n) is 11.7. The molecule has 0 aromatic carbocycles. The van der Waals surface area contributed by atoms with E-state index in [1.165, 1.54) is 11.5 Å². The van der Waals surface area contributed by atoms with Gasteiger partial charge in [-0.3, -0.25) is 14.5 Å². The van der Waals surface area contributed by atoms with Gasteiger partial charge < -0.3 is 10.2 Å². The lowest BCUT2D eigenvalue weighted by molar-refractivity contribution is -0.123. The van der Waals surface area contributed by atoms with Crippen LogP contribution in [0.15, 0.2) is 5.38 Å². The van der Waals surface area contributed by atoms with Gasteiger partial charge >= 0.3 is 0 Å². The van der Waals surface area contributed by atoms with Gasteiger partial charge in [-0.25, -0.2) is 0 Å². The Bertz CT molecular complexity index is 454. The molecule has 0 radical (unpaired) electrons. The summed E-state index contributed by atoms with van der Waals surface area (Å²) in [4.78, 5) is 27.6. The first-order chi connectivity index (χ1) is 9.56. The average Bonchev–Trinajstić information content (AvgIpc) is 2.91. The minimum absolute atomic E-state index is 0.0310. The van der Waals surface area contributed by atoms with Crippen LogP contribution in [0.25, 0.3) is 0 Å². The Kier molecular flexibility index (Phi) is 5.02. The van der Waals surface area contributed by atoms with Crippen LogP contribution < -0.4 is 5.32 Å². The Balaban J connectivity index is 1.78. The Labute approximate surface area is 122 Å². The Hall–Kier alpha value is -1.54. The van der Waals surface area contributed by atoms with Gasteiger partial charge in [0.1, 0.15) is 0 Å². The molecular formula is C12H19N5O2S. The molecule has 0 aliphatic carbocycles. The summed E-state index contributed by atoms with van der Waals surface area (Å²) in [6, 6.07) is 0.155. The summed E-state index contributed by atoms with van der Waals surface area (Å²) in [5.74, 6) is -0.0477. The van der Waals surface area contributed by atoms with E-state index in [0.717, 1.165) is 0 Å². The molecule has 1 aliphatic heterocycles. The van der Waals surface area contributed by atoms with Crippen molar-refractivity contribution >= 4 is 23.3 Å². The topological polar surface area (TPSA) is 78.4 Å². The van der Waals surface area contributed by atoms with Crippen LogP contribution in [-0.2, 0) is 4.79 Å². The van der Waals surface area contributed by atoms with Crippen molar-refractivity contribution in [2.24, 2.45) is 0 Å². The number of nitrogens with zero attached hydrogens (tertiary/aromatic N) is 4. The van der Waals surface area contributed by atoms with Gasteiger partial charge in [0.2, 0.25) is 5.91 Å². The lowest BCUT2D eigenvalue weighted by Crippen LogP contribution is -2.51. The van der Waals surface area contributed by atoms with Crippen molar-refractivity contribution in [1.82, 2.24) is 24.7 Å². The van der Waals surface area contributed by atoms with E-state index in [4.69, 9.17) is 0 Å². The summed E-state index contributed by atoms with van der Waals surface area (Å²) in [7, 11) is 0. The number of aromatic nitrogens is 2. The van der Waals surface area contributed by atoms with E-state index in [9.17, 15) is 9.59 Å². The second kappa shape index (κ2) is 6.76. The molecule has 0 atom stereocenters. The molecule has 2 heterocycles. The summed E-state index contributed by atoms with van der Waals surface area (Å²) >= 11 is 1.17. The molecule has 2 rings (SSSR count). The summed E-state index contributed by atoms with van der Waals surface area (Å²) in [6.45, 7) is 6.91. The van der Waals surface area contributed by atoms with Gasteiger partial charge in [-0.2, -0.15) is 0 Å². The summed E-state index contributed by atoms with van der Waals surface area (Å²) in [6.07, 6.45) is 0. The van der Waals surface area contributed by atoms with Crippen LogP contribution in [0.4, 0.5) is 0 Å². The second-order valence-electron chi connectivity index (χ2n) is 5.08. The molecular weight excluding hydrogens is 278 g/mol. The fourth-order valence-corrected chi connectivity index (χ4v) is 2.53. The molecule has 20 heavy (non-hydrogen) atoms. The van der Waals surface area contributed by atoms with Crippen molar-refractivity contribution in [3.8, 4) is 0 Å². The van der Waals surface area contributed by atoms with Crippen molar-refractivity contribution in [3.63, 3.8) is 0 Å². The van der Waals surface area contributed by atoms with E-state index in [0.29, 0.717) is 38.4 Å². The number of carbonyl (C=O) groups excluding carboxylic acids is 2. The number of hydrogen-bond acceptors (Lipinski definition) is 6. The largest absolute Gasteiger partial charge is 0.353 e. The third kappa shape index (κ3) is 3.97. The molecule has 1 aliphatic rings. The number of hydrogen-bond donors (Lipinski definition) is 1. The molecule has 0 bridgehead atoms. The number of amides is 2. The molecule has 1 N–H and O–H groups in total. The fourth-order valence-electron chi connectivity index (χ4n) is 2.10. The van der Waals surface area contributed by atoms with Gasteiger partial charge in [0, 0.05) is 37.6 Å². The van der Waals surface area contributed by atoms with E-state index >= 15 is 0 Å². The summed E-state index contributed by atoms with van der Waals surface area (Å²) in [5, 5.41) is 8.32. The zero-order chi connectivity index (χ0) is 14.5. The van der Waals surface area contributed by atoms with Crippen LogP contribution in [0.3, 0.4) is 0 Å². The predicted molar refractivity (Wildman–Crippen MR) is 75.5 cm³/mol. The Morgan fingerprint density at radius 2 is 2.05 bits per heavy atom. The van der Waals surface area contributed by atoms with Crippen molar-refractivity contribution < 1.29 is 9.59 Å². The molecule has 2 amide bonds. The highest BCUT2D eigenvalue weighted by molar-refractivity contribution is 7.03. The Morgan fingerprint density at radius 3 is 2.60 bits per heavy atom. The third-order valence-electron chi connectivity index (χ3n) is 3.06. The molecule has 0 unspecified atom stereocenters. The average molecular weight is 297 g/mol. The molecule has 8 heteroatoms. The van der Waals surface area contributed by atoms with E-state index in [1.807, 2.05) is 13.8 Å². The summed E-state index contributed by atoms with van der Waals surface area (Å²) in [5.41, 5.74) is 0.404. The van der Waals surface area contributed by atoms with Gasteiger partial charge in [-0.15, -0.1) is 5.10 Å². The first-order valence-electron chi connectivity index (χ1n) is 6.64. The highest BCUT2D eigenvalue weighted by Crippen LogP contribution is 2.07. The maximum Gasteiger partial charge on any atom is 0.275 e. The fraction of sp³-hybridized carbons (Fsp3) is 0.667. The normalized spacial score (nSPS) is 16.4. The number of carbonyl (C=O) groups is 2. The van der Waals surface area contributed by atoms with Gasteiger partial charge in [0.05, 0.1) is 6.54 Å². The van der Waals surface area contributed by atoms with Crippen LogP contribution in [0.1, 0.15) is 24.3 Å². The van der Waals surface area contributed by atoms with E-state index < -0.39 is 0 Å². The predicted octanol–water partition coefficient (Wildman–Crippen LogP) is -0.179. The maximum atomic E-state index is 12.1. The minimum Gasteiger partial charge on any atom is -0.353 e. The zero-order valence-corrected chi connectivity index (χ0v) is 12.5. The molecule has 1 saturated heterocycles. The van der Waals surface area contributed by atoms with Crippen molar-refractivity contribution in [2.45, 2.75) is 19.9 Å². The van der Waals surface area contributed by atoms with Crippen molar-refractivity contribution in [2.75, 3.05) is 32.7 Å². The monoisotopic (exact) mass is 297 g/mol. The smallest absolute Gasteiger partial charge is 0.275 e. The van der Waals surface area contributed by atoms with Gasteiger partial charge in [-0.1, -0.05) is 4.49 Å². The van der Waals surface area contributed by atoms with Crippen LogP contribution in [0.5, 0.6) is 0 Å². The standard InChI is InChI=1S/C12H19N5O2S/c1-9(2)13-11(18)7-16-3-5-17(6-4-16)12(19)10-8-20-15-14-10/h8-9H,3-7H2,1-2H3,(H,13,18). The minimum atomic E-state index is -0.0787. The van der Waals surface area contributed by atoms with Crippen molar-refractivity contribution in [1.29, 1.82) is 0 Å². The molecule has 0 saturated carbocycles. The van der Waals surface area contributed by atoms with Gasteiger partial charge in [-0.05, 0) is 25.4 Å². The first kappa shape index (κ1) is 14.9. The van der Waals surface area contributed by atoms with Crippen molar-refractivity contribution in [3.05, 3.63) is 11.1 Å². The molecule has 0 spiro atoms. The van der Waals surface area contributed by atoms with Crippen LogP contribution in [-0.4, -0.2) is 70.0 Å². The van der Waals surface area contributed by atoms with Gasteiger partial charge in [0.25, 0.3) is 5.91 Å². The molecule has 1 aromatic heterocycles. The van der Waals surface area contributed by atoms with Gasteiger partial charge in [0.15, 0.2) is 5.69 Å². The van der Waals surface area contributed by atoms with E-state index in [2.05, 4.69) is 19.8 Å². The lowest BCUT2D eigenvalue weighted by atomic mass is 10.3. The first-order valence-corrected chi connectivity index (χ1v) is 7.48. The van der Waals surface area contributed by atoms with Crippen LogP contribution in [0.2, 0.25) is 0 Å².